The van der Waals surface area contributed by atoms with Crippen molar-refractivity contribution in [3.63, 3.8) is 0 Å². The molecule has 2 N–H and O–H groups in total. The Hall–Kier alpha value is -3.42. The highest BCUT2D eigenvalue weighted by atomic mass is 19.1. The van der Waals surface area contributed by atoms with Crippen molar-refractivity contribution < 1.29 is 23.9 Å². The minimum Gasteiger partial charge on any atom is -0.465 e. The van der Waals surface area contributed by atoms with Gasteiger partial charge < -0.3 is 15.3 Å². The Morgan fingerprint density at radius 1 is 1.12 bits per heavy atom. The van der Waals surface area contributed by atoms with Crippen LogP contribution in [0.4, 0.5) is 9.18 Å². The number of amides is 3. The summed E-state index contributed by atoms with van der Waals surface area (Å²) in [6.45, 7) is 6.08. The second-order valence-electron chi connectivity index (χ2n) is 9.64. The Balaban J connectivity index is 1.70. The molecule has 8 heteroatoms. The largest absolute Gasteiger partial charge is 0.465 e. The molecule has 1 heterocycles. The van der Waals surface area contributed by atoms with Crippen LogP contribution in [-0.4, -0.2) is 63.5 Å². The maximum atomic E-state index is 14.4. The highest BCUT2D eigenvalue weighted by Crippen LogP contribution is 2.25. The van der Waals surface area contributed by atoms with Gasteiger partial charge in [0, 0.05) is 42.7 Å². The summed E-state index contributed by atoms with van der Waals surface area (Å²) in [6.07, 6.45) is -0.526. The van der Waals surface area contributed by atoms with E-state index in [4.69, 9.17) is 0 Å². The quantitative estimate of drug-likeness (QED) is 0.643. The van der Waals surface area contributed by atoms with Crippen LogP contribution >= 0.6 is 0 Å². The van der Waals surface area contributed by atoms with Crippen molar-refractivity contribution in [2.45, 2.75) is 57.7 Å². The van der Waals surface area contributed by atoms with Crippen LogP contribution in [0.1, 0.15) is 49.5 Å². The minimum absolute atomic E-state index is 0.0722. The molecule has 0 spiro atoms. The second kappa shape index (κ2) is 10.7. The zero-order valence-electron chi connectivity index (χ0n) is 19.8. The van der Waals surface area contributed by atoms with E-state index in [1.165, 1.54) is 11.0 Å². The molecule has 2 aromatic rings. The van der Waals surface area contributed by atoms with E-state index in [-0.39, 0.29) is 30.7 Å². The van der Waals surface area contributed by atoms with Gasteiger partial charge in [-0.25, -0.2) is 9.18 Å². The molecule has 1 aliphatic rings. The van der Waals surface area contributed by atoms with E-state index in [1.807, 2.05) is 6.07 Å². The lowest BCUT2D eigenvalue weighted by Gasteiger charge is -2.40. The van der Waals surface area contributed by atoms with E-state index in [9.17, 15) is 23.9 Å². The molecule has 182 valence electrons. The summed E-state index contributed by atoms with van der Waals surface area (Å²) in [7, 11) is 0. The van der Waals surface area contributed by atoms with Gasteiger partial charge in [-0.05, 0) is 57.4 Å². The van der Waals surface area contributed by atoms with Crippen molar-refractivity contribution in [1.29, 1.82) is 0 Å². The third kappa shape index (κ3) is 6.34. The maximum Gasteiger partial charge on any atom is 0.408 e. The lowest BCUT2D eigenvalue weighted by atomic mass is 9.95. The SMILES string of the molecule is CC(C)(C)N(C(=O)O)C(CC(=O)N1CCC(NC(=O)c2ccccc2)C1)Cc1ccccc1F. The van der Waals surface area contributed by atoms with E-state index < -0.39 is 23.5 Å². The number of rotatable bonds is 7. The Labute approximate surface area is 199 Å². The summed E-state index contributed by atoms with van der Waals surface area (Å²) in [4.78, 5) is 40.6. The molecule has 7 nitrogen and oxygen atoms in total. The first-order valence-electron chi connectivity index (χ1n) is 11.5. The van der Waals surface area contributed by atoms with Gasteiger partial charge in [0.15, 0.2) is 0 Å². The van der Waals surface area contributed by atoms with Crippen LogP contribution in [0.2, 0.25) is 0 Å². The average molecular weight is 470 g/mol. The Morgan fingerprint density at radius 2 is 1.76 bits per heavy atom. The van der Waals surface area contributed by atoms with E-state index >= 15 is 0 Å². The predicted molar refractivity (Wildman–Crippen MR) is 127 cm³/mol. The monoisotopic (exact) mass is 469 g/mol. The van der Waals surface area contributed by atoms with Crippen LogP contribution in [0.3, 0.4) is 0 Å². The molecule has 0 aromatic heterocycles. The van der Waals surface area contributed by atoms with Crippen molar-refractivity contribution in [2.75, 3.05) is 13.1 Å². The number of nitrogens with one attached hydrogen (secondary N) is 1. The molecular formula is C26H32FN3O4. The number of benzene rings is 2. The van der Waals surface area contributed by atoms with Gasteiger partial charge >= 0.3 is 6.09 Å². The first kappa shape index (κ1) is 25.2. The van der Waals surface area contributed by atoms with Gasteiger partial charge in [0.2, 0.25) is 5.91 Å². The van der Waals surface area contributed by atoms with Crippen molar-refractivity contribution >= 4 is 17.9 Å². The first-order chi connectivity index (χ1) is 16.1. The van der Waals surface area contributed by atoms with Crippen molar-refractivity contribution in [1.82, 2.24) is 15.1 Å². The number of carbonyl (C=O) groups excluding carboxylic acids is 2. The summed E-state index contributed by atoms with van der Waals surface area (Å²) >= 11 is 0. The number of nitrogens with zero attached hydrogens (tertiary/aromatic N) is 2. The Bertz CT molecular complexity index is 1020. The molecule has 0 radical (unpaired) electrons. The Morgan fingerprint density at radius 3 is 2.38 bits per heavy atom. The molecular weight excluding hydrogens is 437 g/mol. The summed E-state index contributed by atoms with van der Waals surface area (Å²) < 4.78 is 14.4. The first-order valence-corrected chi connectivity index (χ1v) is 11.5. The molecule has 1 fully saturated rings. The third-order valence-corrected chi connectivity index (χ3v) is 6.03. The van der Waals surface area contributed by atoms with Gasteiger partial charge in [-0.15, -0.1) is 0 Å². The third-order valence-electron chi connectivity index (χ3n) is 6.03. The van der Waals surface area contributed by atoms with Crippen LogP contribution in [-0.2, 0) is 11.2 Å². The number of carbonyl (C=O) groups is 3. The van der Waals surface area contributed by atoms with Gasteiger partial charge in [-0.2, -0.15) is 0 Å². The van der Waals surface area contributed by atoms with Crippen LogP contribution in [0.15, 0.2) is 54.6 Å². The van der Waals surface area contributed by atoms with Gasteiger partial charge in [0.25, 0.3) is 5.91 Å². The molecule has 2 atom stereocenters. The molecule has 3 rings (SSSR count). The van der Waals surface area contributed by atoms with Crippen molar-refractivity contribution in [2.24, 2.45) is 0 Å². The predicted octanol–water partition coefficient (Wildman–Crippen LogP) is 3.94. The summed E-state index contributed by atoms with van der Waals surface area (Å²) in [6, 6.07) is 14.2. The Kier molecular flexibility index (Phi) is 7.91. The normalized spacial score (nSPS) is 16.7. The van der Waals surface area contributed by atoms with Crippen molar-refractivity contribution in [3.05, 3.63) is 71.5 Å². The van der Waals surface area contributed by atoms with E-state index in [0.717, 1.165) is 0 Å². The van der Waals surface area contributed by atoms with Crippen molar-refractivity contribution in [3.8, 4) is 0 Å². The fraction of sp³-hybridized carbons (Fsp3) is 0.423. The fourth-order valence-corrected chi connectivity index (χ4v) is 4.46. The highest BCUT2D eigenvalue weighted by molar-refractivity contribution is 5.94. The highest BCUT2D eigenvalue weighted by Gasteiger charge is 2.37. The van der Waals surface area contributed by atoms with Gasteiger partial charge in [0.05, 0.1) is 0 Å². The van der Waals surface area contributed by atoms with E-state index in [1.54, 1.807) is 68.1 Å². The second-order valence-corrected chi connectivity index (χ2v) is 9.64. The minimum atomic E-state index is -1.16. The fourth-order valence-electron chi connectivity index (χ4n) is 4.46. The van der Waals surface area contributed by atoms with E-state index in [2.05, 4.69) is 5.32 Å². The number of likely N-dealkylation sites (tertiary alicyclic amines) is 1. The molecule has 34 heavy (non-hydrogen) atoms. The molecule has 1 saturated heterocycles. The average Bonchev–Trinajstić information content (AvgIpc) is 3.23. The standard InChI is InChI=1S/C26H32FN3O4/c1-26(2,3)30(25(33)34)21(15-19-11-7-8-12-22(19)27)16-23(31)29-14-13-20(17-29)28-24(32)18-9-5-4-6-10-18/h4-12,20-21H,13-17H2,1-3H3,(H,28,32)(H,33,34). The lowest BCUT2D eigenvalue weighted by Crippen LogP contribution is -2.53. The summed E-state index contributed by atoms with van der Waals surface area (Å²) in [5.74, 6) is -0.834. The zero-order chi connectivity index (χ0) is 24.9. The molecule has 0 saturated carbocycles. The molecule has 2 unspecified atom stereocenters. The maximum absolute atomic E-state index is 14.4. The molecule has 0 bridgehead atoms. The molecule has 0 aliphatic carbocycles. The van der Waals surface area contributed by atoms with Crippen LogP contribution in [0, 0.1) is 5.82 Å². The lowest BCUT2D eigenvalue weighted by molar-refractivity contribution is -0.131. The zero-order valence-corrected chi connectivity index (χ0v) is 19.8. The topological polar surface area (TPSA) is 90.0 Å². The van der Waals surface area contributed by atoms with Crippen LogP contribution in [0.25, 0.3) is 0 Å². The molecule has 2 aromatic carbocycles. The van der Waals surface area contributed by atoms with Gasteiger partial charge in [-0.3, -0.25) is 14.5 Å². The smallest absolute Gasteiger partial charge is 0.408 e. The number of carboxylic acid groups (broad SMARTS) is 1. The van der Waals surface area contributed by atoms with Gasteiger partial charge in [0.1, 0.15) is 5.82 Å². The van der Waals surface area contributed by atoms with Crippen LogP contribution in [0.5, 0.6) is 0 Å². The summed E-state index contributed by atoms with van der Waals surface area (Å²) in [5.41, 5.74) is 0.143. The number of halogens is 1. The number of hydrogen-bond acceptors (Lipinski definition) is 3. The van der Waals surface area contributed by atoms with Gasteiger partial charge in [-0.1, -0.05) is 36.4 Å². The summed E-state index contributed by atoms with van der Waals surface area (Å²) in [5, 5.41) is 12.9. The van der Waals surface area contributed by atoms with Crippen LogP contribution < -0.4 is 5.32 Å². The molecule has 3 amide bonds. The van der Waals surface area contributed by atoms with E-state index in [0.29, 0.717) is 30.6 Å². The molecule has 1 aliphatic heterocycles. The number of hydrogen-bond donors (Lipinski definition) is 2.